The third-order valence-corrected chi connectivity index (χ3v) is 10.2. The zero-order valence-electron chi connectivity index (χ0n) is 29.2. The lowest BCUT2D eigenvalue weighted by Crippen LogP contribution is -2.44. The minimum Gasteiger partial charge on any atom is -0.444 e. The van der Waals surface area contributed by atoms with Gasteiger partial charge in [0.05, 0.1) is 35.4 Å². The molecule has 1 aromatic heterocycles. The van der Waals surface area contributed by atoms with E-state index in [-0.39, 0.29) is 54.6 Å². The number of nitrogens with zero attached hydrogens (tertiary/aromatic N) is 4. The number of rotatable bonds is 7. The van der Waals surface area contributed by atoms with E-state index in [2.05, 4.69) is 16.3 Å². The molecule has 6 rings (SSSR count). The predicted octanol–water partition coefficient (Wildman–Crippen LogP) is 5.07. The largest absolute Gasteiger partial charge is 0.444 e. The maximum absolute atomic E-state index is 13.6. The van der Waals surface area contributed by atoms with Crippen LogP contribution in [0.25, 0.3) is 11.0 Å². The van der Waals surface area contributed by atoms with Crippen molar-refractivity contribution in [3.8, 4) is 0 Å². The van der Waals surface area contributed by atoms with E-state index >= 15 is 0 Å². The van der Waals surface area contributed by atoms with Crippen molar-refractivity contribution >= 4 is 34.6 Å². The van der Waals surface area contributed by atoms with Crippen molar-refractivity contribution in [1.82, 2.24) is 19.4 Å². The van der Waals surface area contributed by atoms with Gasteiger partial charge in [-0.1, -0.05) is 0 Å². The first kappa shape index (κ1) is 34.5. The van der Waals surface area contributed by atoms with Gasteiger partial charge >= 0.3 is 11.8 Å². The van der Waals surface area contributed by atoms with E-state index in [0.717, 1.165) is 81.2 Å². The van der Waals surface area contributed by atoms with E-state index in [4.69, 9.17) is 14.2 Å². The number of amides is 3. The van der Waals surface area contributed by atoms with Gasteiger partial charge in [0.25, 0.3) is 0 Å². The zero-order chi connectivity index (χ0) is 34.2. The number of likely N-dealkylation sites (tertiary alicyclic amines) is 1. The monoisotopic (exact) mass is 667 g/mol. The van der Waals surface area contributed by atoms with Gasteiger partial charge in [-0.05, 0) is 111 Å². The van der Waals surface area contributed by atoms with Gasteiger partial charge in [-0.15, -0.1) is 0 Å². The van der Waals surface area contributed by atoms with Crippen LogP contribution < -0.4 is 15.9 Å². The third kappa shape index (κ3) is 7.75. The van der Waals surface area contributed by atoms with Crippen LogP contribution in [-0.4, -0.2) is 88.1 Å². The number of carbonyl (C=O) groups is 3. The lowest BCUT2D eigenvalue weighted by molar-refractivity contribution is -0.135. The highest BCUT2D eigenvalue weighted by molar-refractivity contribution is 6.00. The molecule has 1 atom stereocenters. The molecular formula is C36H53N5O7. The summed E-state index contributed by atoms with van der Waals surface area (Å²) in [5.74, 6) is -0.709. The fourth-order valence-electron chi connectivity index (χ4n) is 7.76. The molecule has 1 aliphatic carbocycles. The molecule has 0 spiro atoms. The van der Waals surface area contributed by atoms with Crippen LogP contribution in [0.2, 0.25) is 0 Å². The lowest BCUT2D eigenvalue weighted by Gasteiger charge is -2.38. The molecule has 3 aliphatic heterocycles. The number of fused-ring (bicyclic) bond motifs is 1. The quantitative estimate of drug-likeness (QED) is 0.406. The molecule has 0 bridgehead atoms. The zero-order valence-corrected chi connectivity index (χ0v) is 29.2. The van der Waals surface area contributed by atoms with Crippen LogP contribution in [0.4, 0.5) is 10.5 Å². The minimum absolute atomic E-state index is 0.0819. The maximum Gasteiger partial charge on any atom is 0.410 e. The highest BCUT2D eigenvalue weighted by Crippen LogP contribution is 2.32. The number of imide groups is 1. The van der Waals surface area contributed by atoms with Gasteiger partial charge in [0.15, 0.2) is 0 Å². The average molecular weight is 668 g/mol. The highest BCUT2D eigenvalue weighted by Gasteiger charge is 2.34. The number of anilines is 1. The molecule has 1 N–H and O–H groups in total. The van der Waals surface area contributed by atoms with Crippen LogP contribution in [0.1, 0.15) is 111 Å². The van der Waals surface area contributed by atoms with Gasteiger partial charge in [-0.2, -0.15) is 0 Å². The molecule has 4 aliphatic rings. The van der Waals surface area contributed by atoms with Crippen LogP contribution in [-0.2, 0) is 23.8 Å². The molecule has 1 aromatic carbocycles. The Bertz CT molecular complexity index is 1530. The summed E-state index contributed by atoms with van der Waals surface area (Å²) in [7, 11) is 0. The highest BCUT2D eigenvalue weighted by atomic mass is 16.6. The first-order valence-electron chi connectivity index (χ1n) is 18.0. The maximum atomic E-state index is 13.6. The van der Waals surface area contributed by atoms with E-state index in [9.17, 15) is 19.2 Å². The van der Waals surface area contributed by atoms with Gasteiger partial charge in [0.1, 0.15) is 11.6 Å². The number of imidazole rings is 1. The van der Waals surface area contributed by atoms with Crippen molar-refractivity contribution in [1.29, 1.82) is 0 Å². The molecule has 4 fully saturated rings. The summed E-state index contributed by atoms with van der Waals surface area (Å²) in [6, 6.07) is 5.28. The molecule has 1 unspecified atom stereocenters. The van der Waals surface area contributed by atoms with Crippen LogP contribution in [0.15, 0.2) is 23.0 Å². The summed E-state index contributed by atoms with van der Waals surface area (Å²) < 4.78 is 21.9. The molecule has 4 heterocycles. The Morgan fingerprint density at radius 1 is 0.792 bits per heavy atom. The molecule has 3 amide bonds. The Labute approximate surface area is 283 Å². The van der Waals surface area contributed by atoms with Crippen LogP contribution in [0.3, 0.4) is 0 Å². The molecule has 0 radical (unpaired) electrons. The summed E-state index contributed by atoms with van der Waals surface area (Å²) >= 11 is 0. The van der Waals surface area contributed by atoms with Crippen molar-refractivity contribution in [2.45, 2.75) is 141 Å². The number of aromatic nitrogens is 2. The molecule has 264 valence electrons. The van der Waals surface area contributed by atoms with E-state index < -0.39 is 17.6 Å². The van der Waals surface area contributed by atoms with Gasteiger partial charge in [0, 0.05) is 44.3 Å². The molecule has 1 saturated carbocycles. The second-order valence-electron chi connectivity index (χ2n) is 15.3. The molecule has 48 heavy (non-hydrogen) atoms. The van der Waals surface area contributed by atoms with Crippen molar-refractivity contribution in [3.63, 3.8) is 0 Å². The standard InChI is InChI=1S/C36H53N5O7/c1-23(2)40-31-22-24(6-11-29(31)41(34(40)44)30-12-13-32(42)37-33(30)43)38-18-14-27(15-19-38)46-25-7-9-26(10-8-25)47-28-16-20-39(21-17-28)35(45)48-36(3,4)5/h6,11,22-23,25-28,30H,7-10,12-21H2,1-5H3,(H,37,42,43). The topological polar surface area (TPSA) is 124 Å². The summed E-state index contributed by atoms with van der Waals surface area (Å²) in [6.45, 7) is 12.7. The number of nitrogens with one attached hydrogen (secondary N) is 1. The predicted molar refractivity (Wildman–Crippen MR) is 182 cm³/mol. The Morgan fingerprint density at radius 3 is 1.90 bits per heavy atom. The van der Waals surface area contributed by atoms with Gasteiger partial charge in [0.2, 0.25) is 11.8 Å². The van der Waals surface area contributed by atoms with Gasteiger partial charge in [-0.3, -0.25) is 24.0 Å². The van der Waals surface area contributed by atoms with Crippen molar-refractivity contribution in [2.24, 2.45) is 0 Å². The first-order chi connectivity index (χ1) is 22.9. The average Bonchev–Trinajstić information content (AvgIpc) is 3.33. The molecular weight excluding hydrogens is 614 g/mol. The van der Waals surface area contributed by atoms with Crippen molar-refractivity contribution in [2.75, 3.05) is 31.1 Å². The lowest BCUT2D eigenvalue weighted by atomic mass is 9.93. The second-order valence-corrected chi connectivity index (χ2v) is 15.3. The summed E-state index contributed by atoms with van der Waals surface area (Å²) in [5, 5.41) is 2.40. The third-order valence-electron chi connectivity index (χ3n) is 10.2. The number of benzene rings is 1. The molecule has 12 heteroatoms. The Kier molecular flexibility index (Phi) is 10.2. The van der Waals surface area contributed by atoms with E-state index in [1.807, 2.05) is 46.8 Å². The Hall–Kier alpha value is -3.38. The number of carbonyl (C=O) groups excluding carboxylic acids is 3. The first-order valence-corrected chi connectivity index (χ1v) is 18.0. The fraction of sp³-hybridized carbons (Fsp3) is 0.722. The summed E-state index contributed by atoms with van der Waals surface area (Å²) in [6.07, 6.45) is 8.87. The summed E-state index contributed by atoms with van der Waals surface area (Å²) in [5.41, 5.74) is 1.89. The molecule has 3 saturated heterocycles. The van der Waals surface area contributed by atoms with Gasteiger partial charge in [-0.25, -0.2) is 9.59 Å². The Balaban J connectivity index is 0.977. The van der Waals surface area contributed by atoms with Gasteiger partial charge < -0.3 is 24.0 Å². The van der Waals surface area contributed by atoms with E-state index in [1.54, 1.807) is 14.0 Å². The van der Waals surface area contributed by atoms with E-state index in [0.29, 0.717) is 19.5 Å². The molecule has 12 nitrogen and oxygen atoms in total. The smallest absolute Gasteiger partial charge is 0.410 e. The van der Waals surface area contributed by atoms with Crippen LogP contribution in [0.5, 0.6) is 0 Å². The number of piperidine rings is 3. The van der Waals surface area contributed by atoms with Crippen LogP contribution in [0, 0.1) is 0 Å². The minimum atomic E-state index is -0.692. The normalized spacial score (nSPS) is 25.2. The molecule has 2 aromatic rings. The van der Waals surface area contributed by atoms with E-state index in [1.165, 1.54) is 0 Å². The van der Waals surface area contributed by atoms with Crippen LogP contribution >= 0.6 is 0 Å². The number of hydrogen-bond acceptors (Lipinski definition) is 8. The number of ether oxygens (including phenoxy) is 3. The Morgan fingerprint density at radius 2 is 1.35 bits per heavy atom. The number of hydrogen-bond donors (Lipinski definition) is 1. The fourth-order valence-corrected chi connectivity index (χ4v) is 7.76. The van der Waals surface area contributed by atoms with Crippen molar-refractivity contribution in [3.05, 3.63) is 28.7 Å². The summed E-state index contributed by atoms with van der Waals surface area (Å²) in [4.78, 5) is 54.5. The SMILES string of the molecule is CC(C)n1c(=O)n(C2CCC(=O)NC2=O)c2ccc(N3CCC(OC4CCC(OC5CCN(C(=O)OC(C)(C)C)CC5)CC4)CC3)cc21. The second kappa shape index (κ2) is 14.2. The van der Waals surface area contributed by atoms with Crippen molar-refractivity contribution < 1.29 is 28.6 Å².